The van der Waals surface area contributed by atoms with Crippen molar-refractivity contribution < 1.29 is 31.2 Å². The molecule has 0 saturated heterocycles. The minimum Gasteiger partial charge on any atom is -0.350 e. The first-order chi connectivity index (χ1) is 16.8. The molecule has 0 heterocycles. The van der Waals surface area contributed by atoms with Gasteiger partial charge in [-0.1, -0.05) is 41.4 Å². The topological polar surface area (TPSA) is 86.8 Å². The summed E-state index contributed by atoms with van der Waals surface area (Å²) in [4.78, 5) is 27.6. The second kappa shape index (κ2) is 11.3. The number of nitrogens with one attached hydrogen (secondary N) is 1. The summed E-state index contributed by atoms with van der Waals surface area (Å²) in [6.45, 7) is 7.79. The largest absolute Gasteiger partial charge is 0.416 e. The lowest BCUT2D eigenvalue weighted by Gasteiger charge is -2.33. The molecule has 7 nitrogen and oxygen atoms in total. The van der Waals surface area contributed by atoms with Gasteiger partial charge in [0.05, 0.1) is 22.5 Å². The number of anilines is 1. The molecule has 0 aliphatic rings. The number of alkyl halides is 3. The van der Waals surface area contributed by atoms with Gasteiger partial charge >= 0.3 is 6.18 Å². The maximum Gasteiger partial charge on any atom is 0.416 e. The third kappa shape index (κ3) is 8.63. The van der Waals surface area contributed by atoms with Gasteiger partial charge in [0.2, 0.25) is 21.8 Å². The van der Waals surface area contributed by atoms with Crippen LogP contribution in [0.25, 0.3) is 0 Å². The summed E-state index contributed by atoms with van der Waals surface area (Å²) in [5, 5.41) is 2.50. The predicted molar refractivity (Wildman–Crippen MR) is 138 cm³/mol. The fraction of sp³-hybridized carbons (Fsp3) is 0.440. The van der Waals surface area contributed by atoms with E-state index < -0.39 is 57.4 Å². The highest BCUT2D eigenvalue weighted by atomic mass is 35.5. The van der Waals surface area contributed by atoms with E-state index in [2.05, 4.69) is 5.32 Å². The quantitative estimate of drug-likeness (QED) is 0.503. The summed E-state index contributed by atoms with van der Waals surface area (Å²) >= 11 is 6.08. The standard InChI is InChI=1S/C25H31ClF3N3O4S/c1-16-7-9-18(10-8-16)14-31(17(2)23(34)30-24(3,4)5)22(33)15-32(37(6,35)36)21-13-19(25(27,28)29)11-12-20(21)26/h7-13,17H,14-15H2,1-6H3,(H,30,34)/t17-/m1/s1. The molecule has 0 saturated carbocycles. The van der Waals surface area contributed by atoms with Crippen molar-refractivity contribution in [2.24, 2.45) is 0 Å². The van der Waals surface area contributed by atoms with Crippen molar-refractivity contribution in [1.29, 1.82) is 0 Å². The van der Waals surface area contributed by atoms with E-state index in [1.165, 1.54) is 11.8 Å². The first-order valence-electron chi connectivity index (χ1n) is 11.3. The number of nitrogens with zero attached hydrogens (tertiary/aromatic N) is 2. The molecule has 0 spiro atoms. The highest BCUT2D eigenvalue weighted by molar-refractivity contribution is 7.92. The summed E-state index contributed by atoms with van der Waals surface area (Å²) in [5.41, 5.74) is -0.564. The third-order valence-electron chi connectivity index (χ3n) is 5.36. The van der Waals surface area contributed by atoms with Crippen LogP contribution in [0.3, 0.4) is 0 Å². The van der Waals surface area contributed by atoms with E-state index >= 15 is 0 Å². The smallest absolute Gasteiger partial charge is 0.350 e. The zero-order valence-corrected chi connectivity index (χ0v) is 23.1. The predicted octanol–water partition coefficient (Wildman–Crippen LogP) is 4.77. The normalized spacial score (nSPS) is 13.1. The lowest BCUT2D eigenvalue weighted by atomic mass is 10.1. The van der Waals surface area contributed by atoms with E-state index in [9.17, 15) is 31.2 Å². The highest BCUT2D eigenvalue weighted by Gasteiger charge is 2.35. The minimum absolute atomic E-state index is 0.0359. The molecule has 12 heteroatoms. The van der Waals surface area contributed by atoms with Crippen molar-refractivity contribution in [1.82, 2.24) is 10.2 Å². The summed E-state index contributed by atoms with van der Waals surface area (Å²) in [6.07, 6.45) is -4.00. The number of aryl methyl sites for hydroxylation is 1. The molecular formula is C25H31ClF3N3O4S. The number of hydrogen-bond donors (Lipinski definition) is 1. The van der Waals surface area contributed by atoms with Crippen molar-refractivity contribution in [2.45, 2.75) is 58.9 Å². The molecule has 0 aliphatic heterocycles. The molecule has 1 N–H and O–H groups in total. The first kappa shape index (κ1) is 30.4. The van der Waals surface area contributed by atoms with Crippen LogP contribution in [0.1, 0.15) is 44.4 Å². The highest BCUT2D eigenvalue weighted by Crippen LogP contribution is 2.36. The molecule has 2 rings (SSSR count). The van der Waals surface area contributed by atoms with Crippen molar-refractivity contribution in [3.8, 4) is 0 Å². The molecule has 1 atom stereocenters. The van der Waals surface area contributed by atoms with E-state index in [4.69, 9.17) is 11.6 Å². The Bertz CT molecular complexity index is 1240. The van der Waals surface area contributed by atoms with Gasteiger partial charge in [-0.3, -0.25) is 13.9 Å². The van der Waals surface area contributed by atoms with Gasteiger partial charge in [0.1, 0.15) is 12.6 Å². The number of carbonyl (C=O) groups is 2. The molecule has 0 bridgehead atoms. The molecule has 0 aliphatic carbocycles. The summed E-state index contributed by atoms with van der Waals surface area (Å²) in [6, 6.07) is 8.38. The van der Waals surface area contributed by atoms with E-state index in [-0.39, 0.29) is 11.6 Å². The summed E-state index contributed by atoms with van der Waals surface area (Å²) < 4.78 is 65.7. The lowest BCUT2D eigenvalue weighted by molar-refractivity contribution is -0.140. The van der Waals surface area contributed by atoms with Gasteiger partial charge in [0.25, 0.3) is 0 Å². The minimum atomic E-state index is -4.76. The van der Waals surface area contributed by atoms with Crippen LogP contribution in [0.15, 0.2) is 42.5 Å². The second-order valence-corrected chi connectivity index (χ2v) is 12.2. The maximum absolute atomic E-state index is 13.5. The van der Waals surface area contributed by atoms with Crippen molar-refractivity contribution in [3.63, 3.8) is 0 Å². The van der Waals surface area contributed by atoms with Gasteiger partial charge in [0, 0.05) is 12.1 Å². The van der Waals surface area contributed by atoms with Gasteiger partial charge in [-0.2, -0.15) is 13.2 Å². The van der Waals surface area contributed by atoms with Crippen LogP contribution >= 0.6 is 11.6 Å². The number of halogens is 4. The van der Waals surface area contributed by atoms with E-state index in [1.807, 2.05) is 19.1 Å². The zero-order chi connectivity index (χ0) is 28.3. The second-order valence-electron chi connectivity index (χ2n) is 9.86. The Hall–Kier alpha value is -2.79. The number of rotatable bonds is 8. The van der Waals surface area contributed by atoms with Gasteiger partial charge in [-0.25, -0.2) is 8.42 Å². The van der Waals surface area contributed by atoms with Gasteiger partial charge in [0.15, 0.2) is 0 Å². The fourth-order valence-corrected chi connectivity index (χ4v) is 4.54. The van der Waals surface area contributed by atoms with Crippen LogP contribution in [0.2, 0.25) is 5.02 Å². The Labute approximate surface area is 220 Å². The Kier molecular flexibility index (Phi) is 9.30. The van der Waals surface area contributed by atoms with Crippen LogP contribution in [0.4, 0.5) is 18.9 Å². The van der Waals surface area contributed by atoms with E-state index in [1.54, 1.807) is 32.9 Å². The molecule has 37 heavy (non-hydrogen) atoms. The number of carbonyl (C=O) groups excluding carboxylic acids is 2. The van der Waals surface area contributed by atoms with Crippen molar-refractivity contribution in [3.05, 3.63) is 64.2 Å². The summed E-state index contributed by atoms with van der Waals surface area (Å²) in [5.74, 6) is -1.27. The molecule has 0 aromatic heterocycles. The Morgan fingerprint density at radius 3 is 2.11 bits per heavy atom. The number of hydrogen-bond acceptors (Lipinski definition) is 4. The molecular weight excluding hydrogens is 531 g/mol. The SMILES string of the molecule is Cc1ccc(CN(C(=O)CN(c2cc(C(F)(F)F)ccc2Cl)S(C)(=O)=O)[C@H](C)C(=O)NC(C)(C)C)cc1. The van der Waals surface area contributed by atoms with Gasteiger partial charge < -0.3 is 10.2 Å². The van der Waals surface area contributed by atoms with Crippen LogP contribution in [0.5, 0.6) is 0 Å². The molecule has 0 radical (unpaired) electrons. The van der Waals surface area contributed by atoms with Crippen LogP contribution < -0.4 is 9.62 Å². The Morgan fingerprint density at radius 1 is 1.05 bits per heavy atom. The van der Waals surface area contributed by atoms with E-state index in [0.29, 0.717) is 15.9 Å². The van der Waals surface area contributed by atoms with Crippen LogP contribution in [-0.4, -0.2) is 49.5 Å². The summed E-state index contributed by atoms with van der Waals surface area (Å²) in [7, 11) is -4.25. The molecule has 2 aromatic carbocycles. The Morgan fingerprint density at radius 2 is 1.62 bits per heavy atom. The average Bonchev–Trinajstić information content (AvgIpc) is 2.74. The number of benzene rings is 2. The fourth-order valence-electron chi connectivity index (χ4n) is 3.42. The Balaban J connectivity index is 2.51. The van der Waals surface area contributed by atoms with Crippen LogP contribution in [0, 0.1) is 6.92 Å². The number of amides is 2. The lowest BCUT2D eigenvalue weighted by Crippen LogP contribution is -2.54. The maximum atomic E-state index is 13.5. The average molecular weight is 562 g/mol. The zero-order valence-electron chi connectivity index (χ0n) is 21.5. The molecule has 0 fully saturated rings. The van der Waals surface area contributed by atoms with E-state index in [0.717, 1.165) is 24.0 Å². The van der Waals surface area contributed by atoms with Crippen molar-refractivity contribution >= 4 is 39.1 Å². The molecule has 0 unspecified atom stereocenters. The molecule has 204 valence electrons. The molecule has 2 aromatic rings. The van der Waals surface area contributed by atoms with Gasteiger partial charge in [-0.05, 0) is 58.4 Å². The van der Waals surface area contributed by atoms with Crippen molar-refractivity contribution in [2.75, 3.05) is 17.1 Å². The monoisotopic (exact) mass is 561 g/mol. The third-order valence-corrected chi connectivity index (χ3v) is 6.81. The first-order valence-corrected chi connectivity index (χ1v) is 13.5. The van der Waals surface area contributed by atoms with Crippen LogP contribution in [-0.2, 0) is 32.3 Å². The number of sulfonamides is 1. The molecule has 2 amide bonds. The van der Waals surface area contributed by atoms with Gasteiger partial charge in [-0.15, -0.1) is 0 Å².